The van der Waals surface area contributed by atoms with E-state index in [0.29, 0.717) is 5.92 Å². The average molecular weight is 348 g/mol. The lowest BCUT2D eigenvalue weighted by molar-refractivity contribution is -0.394. The molecule has 3 unspecified atom stereocenters. The molecule has 0 heterocycles. The first kappa shape index (κ1) is 17.3. The number of ether oxygens (including phenoxy) is 1. The second-order valence-corrected chi connectivity index (χ2v) is 7.76. The summed E-state index contributed by atoms with van der Waals surface area (Å²) in [5, 5.41) is 21.9. The summed E-state index contributed by atoms with van der Waals surface area (Å²) < 4.78 is 5.66. The molecule has 2 aliphatic rings. The van der Waals surface area contributed by atoms with Crippen LogP contribution in [0.15, 0.2) is 18.2 Å². The molecule has 3 atom stereocenters. The Morgan fingerprint density at radius 1 is 1.12 bits per heavy atom. The van der Waals surface area contributed by atoms with Crippen molar-refractivity contribution in [2.45, 2.75) is 46.1 Å². The van der Waals surface area contributed by atoms with Crippen LogP contribution < -0.4 is 0 Å². The van der Waals surface area contributed by atoms with Gasteiger partial charge in [-0.1, -0.05) is 20.8 Å². The van der Waals surface area contributed by atoms with Gasteiger partial charge in [0.05, 0.1) is 21.5 Å². The number of benzene rings is 1. The maximum Gasteiger partial charge on any atom is 0.338 e. The fourth-order valence-corrected chi connectivity index (χ4v) is 4.43. The number of esters is 1. The lowest BCUT2D eigenvalue weighted by Crippen LogP contribution is -2.38. The van der Waals surface area contributed by atoms with Crippen LogP contribution in [0.5, 0.6) is 0 Å². The van der Waals surface area contributed by atoms with Gasteiger partial charge in [-0.05, 0) is 30.6 Å². The van der Waals surface area contributed by atoms with Crippen LogP contribution in [0.25, 0.3) is 0 Å². The van der Waals surface area contributed by atoms with E-state index < -0.39 is 27.2 Å². The van der Waals surface area contributed by atoms with Crippen LogP contribution in [-0.2, 0) is 4.74 Å². The summed E-state index contributed by atoms with van der Waals surface area (Å²) in [5.41, 5.74) is -1.27. The minimum atomic E-state index is -0.758. The molecule has 0 N–H and O–H groups in total. The highest BCUT2D eigenvalue weighted by Crippen LogP contribution is 2.66. The Morgan fingerprint density at radius 3 is 2.08 bits per heavy atom. The van der Waals surface area contributed by atoms with Crippen LogP contribution in [0.3, 0.4) is 0 Å². The van der Waals surface area contributed by atoms with Gasteiger partial charge in [-0.2, -0.15) is 0 Å². The number of hydrogen-bond acceptors (Lipinski definition) is 6. The smallest absolute Gasteiger partial charge is 0.338 e. The molecule has 25 heavy (non-hydrogen) atoms. The number of carbonyl (C=O) groups excluding carboxylic acids is 1. The Bertz CT molecular complexity index is 742. The molecule has 0 spiro atoms. The zero-order valence-electron chi connectivity index (χ0n) is 14.4. The summed E-state index contributed by atoms with van der Waals surface area (Å²) in [4.78, 5) is 32.9. The first-order valence-electron chi connectivity index (χ1n) is 8.21. The molecule has 8 nitrogen and oxygen atoms in total. The van der Waals surface area contributed by atoms with Gasteiger partial charge in [0.15, 0.2) is 0 Å². The Kier molecular flexibility index (Phi) is 3.81. The molecule has 0 amide bonds. The van der Waals surface area contributed by atoms with E-state index in [1.165, 1.54) is 0 Å². The number of nitro groups is 2. The van der Waals surface area contributed by atoms with E-state index in [2.05, 4.69) is 20.8 Å². The molecular formula is C17H20N2O6. The van der Waals surface area contributed by atoms with Crippen molar-refractivity contribution in [2.24, 2.45) is 16.7 Å². The maximum atomic E-state index is 12.5. The van der Waals surface area contributed by atoms with Gasteiger partial charge >= 0.3 is 5.97 Å². The molecule has 0 aromatic heterocycles. The third-order valence-electron chi connectivity index (χ3n) is 6.52. The molecule has 1 aromatic carbocycles. The minimum absolute atomic E-state index is 0.0482. The largest absolute Gasteiger partial charge is 0.458 e. The van der Waals surface area contributed by atoms with Gasteiger partial charge in [0.25, 0.3) is 11.4 Å². The first-order valence-corrected chi connectivity index (χ1v) is 8.21. The van der Waals surface area contributed by atoms with Crippen LogP contribution >= 0.6 is 0 Å². The van der Waals surface area contributed by atoms with E-state index in [1.54, 1.807) is 0 Å². The van der Waals surface area contributed by atoms with Crippen molar-refractivity contribution in [1.82, 2.24) is 0 Å². The van der Waals surface area contributed by atoms with E-state index in [-0.39, 0.29) is 22.5 Å². The van der Waals surface area contributed by atoms with Gasteiger partial charge in [-0.15, -0.1) is 0 Å². The highest BCUT2D eigenvalue weighted by atomic mass is 16.6. The second kappa shape index (κ2) is 5.50. The Balaban J connectivity index is 1.87. The molecule has 1 aromatic rings. The zero-order valence-corrected chi connectivity index (χ0v) is 14.4. The average Bonchev–Trinajstić information content (AvgIpc) is 2.87. The van der Waals surface area contributed by atoms with Crippen LogP contribution in [0.4, 0.5) is 11.4 Å². The number of carbonyl (C=O) groups is 1. The molecular weight excluding hydrogens is 328 g/mol. The Labute approximate surface area is 144 Å². The van der Waals surface area contributed by atoms with Crippen LogP contribution in [0, 0.1) is 37.0 Å². The van der Waals surface area contributed by atoms with Gasteiger partial charge in [0.2, 0.25) is 0 Å². The molecule has 2 aliphatic carbocycles. The SMILES string of the molecule is CC1(C)C2CCC1(C)C(OC(=O)c1cc([N+](=O)[O-])cc([N+](=O)[O-])c1)C2. The molecule has 2 saturated carbocycles. The van der Waals surface area contributed by atoms with E-state index in [1.807, 2.05) is 0 Å². The van der Waals surface area contributed by atoms with Crippen molar-refractivity contribution in [3.05, 3.63) is 44.0 Å². The first-order chi connectivity index (χ1) is 11.6. The van der Waals surface area contributed by atoms with Crippen LogP contribution in [-0.4, -0.2) is 21.9 Å². The van der Waals surface area contributed by atoms with Gasteiger partial charge in [-0.3, -0.25) is 20.2 Å². The normalized spacial score (nSPS) is 29.4. The molecule has 2 bridgehead atoms. The Morgan fingerprint density at radius 2 is 1.68 bits per heavy atom. The van der Waals surface area contributed by atoms with Crippen molar-refractivity contribution in [1.29, 1.82) is 0 Å². The topological polar surface area (TPSA) is 113 Å². The second-order valence-electron chi connectivity index (χ2n) is 7.76. The molecule has 2 fully saturated rings. The fourth-order valence-electron chi connectivity index (χ4n) is 4.43. The standard InChI is InChI=1S/C17H20N2O6/c1-16(2)11-4-5-17(16,3)14(8-11)25-15(20)10-6-12(18(21)22)9-13(7-10)19(23)24/h6-7,9,11,14H,4-5,8H2,1-3H3. The maximum absolute atomic E-state index is 12.5. The summed E-state index contributed by atoms with van der Waals surface area (Å²) in [7, 11) is 0. The third-order valence-corrected chi connectivity index (χ3v) is 6.52. The Hall–Kier alpha value is -2.51. The number of non-ortho nitro benzene ring substituents is 2. The predicted octanol–water partition coefficient (Wildman–Crippen LogP) is 3.87. The van der Waals surface area contributed by atoms with Gasteiger partial charge in [-0.25, -0.2) is 4.79 Å². The summed E-state index contributed by atoms with van der Waals surface area (Å²) >= 11 is 0. The molecule has 0 aliphatic heterocycles. The quantitative estimate of drug-likeness (QED) is 0.463. The summed E-state index contributed by atoms with van der Waals surface area (Å²) in [6.07, 6.45) is 2.52. The van der Waals surface area contributed by atoms with Crippen molar-refractivity contribution in [3.63, 3.8) is 0 Å². The monoisotopic (exact) mass is 348 g/mol. The third kappa shape index (κ3) is 2.56. The van der Waals surface area contributed by atoms with Gasteiger partial charge in [0.1, 0.15) is 6.10 Å². The van der Waals surface area contributed by atoms with E-state index >= 15 is 0 Å². The predicted molar refractivity (Wildman–Crippen MR) is 88.2 cm³/mol. The van der Waals surface area contributed by atoms with Gasteiger partial charge < -0.3 is 4.74 Å². The summed E-state index contributed by atoms with van der Waals surface area (Å²) in [6.45, 7) is 6.46. The molecule has 0 saturated heterocycles. The van der Waals surface area contributed by atoms with E-state index in [0.717, 1.165) is 37.5 Å². The number of rotatable bonds is 4. The molecule has 134 valence electrons. The highest BCUT2D eigenvalue weighted by molar-refractivity contribution is 5.91. The van der Waals surface area contributed by atoms with E-state index in [4.69, 9.17) is 4.74 Å². The molecule has 3 rings (SSSR count). The highest BCUT2D eigenvalue weighted by Gasteiger charge is 2.62. The number of fused-ring (bicyclic) bond motifs is 2. The van der Waals surface area contributed by atoms with Crippen LogP contribution in [0.2, 0.25) is 0 Å². The minimum Gasteiger partial charge on any atom is -0.458 e. The number of hydrogen-bond donors (Lipinski definition) is 0. The van der Waals surface area contributed by atoms with Gasteiger partial charge in [0, 0.05) is 17.5 Å². The van der Waals surface area contributed by atoms with Crippen molar-refractivity contribution < 1.29 is 19.4 Å². The molecule has 0 radical (unpaired) electrons. The van der Waals surface area contributed by atoms with Crippen molar-refractivity contribution in [3.8, 4) is 0 Å². The number of nitro benzene ring substituents is 2. The lowest BCUT2D eigenvalue weighted by Gasteiger charge is -2.38. The summed E-state index contributed by atoms with van der Waals surface area (Å²) in [5.74, 6) is -0.281. The van der Waals surface area contributed by atoms with Crippen LogP contribution in [0.1, 0.15) is 50.4 Å². The number of nitrogens with zero attached hydrogens (tertiary/aromatic N) is 2. The lowest BCUT2D eigenvalue weighted by atomic mass is 9.70. The van der Waals surface area contributed by atoms with Crippen molar-refractivity contribution >= 4 is 17.3 Å². The fraction of sp³-hybridized carbons (Fsp3) is 0.588. The van der Waals surface area contributed by atoms with Crippen molar-refractivity contribution in [2.75, 3.05) is 0 Å². The van der Waals surface area contributed by atoms with E-state index in [9.17, 15) is 25.0 Å². The summed E-state index contributed by atoms with van der Waals surface area (Å²) in [6, 6.07) is 2.88. The molecule has 8 heteroatoms. The zero-order chi connectivity index (χ0) is 18.6.